The Balaban J connectivity index is 1.87. The summed E-state index contributed by atoms with van der Waals surface area (Å²) in [4.78, 5) is 12.1. The summed E-state index contributed by atoms with van der Waals surface area (Å²) in [6, 6.07) is 0.456. The molecule has 4 nitrogen and oxygen atoms in total. The molecule has 0 spiro atoms. The van der Waals surface area contributed by atoms with Gasteiger partial charge < -0.3 is 15.4 Å². The van der Waals surface area contributed by atoms with Crippen molar-refractivity contribution in [1.29, 1.82) is 0 Å². The zero-order valence-electron chi connectivity index (χ0n) is 10.2. The smallest absolute Gasteiger partial charge is 0.223 e. The zero-order valence-corrected chi connectivity index (χ0v) is 10.2. The quantitative estimate of drug-likeness (QED) is 0.727. The van der Waals surface area contributed by atoms with Crippen molar-refractivity contribution in [2.45, 2.75) is 44.7 Å². The van der Waals surface area contributed by atoms with Crippen LogP contribution in [0.3, 0.4) is 0 Å². The van der Waals surface area contributed by atoms with Gasteiger partial charge in [0.25, 0.3) is 0 Å². The summed E-state index contributed by atoms with van der Waals surface area (Å²) in [6.07, 6.45) is 2.83. The molecule has 2 aliphatic heterocycles. The fourth-order valence-electron chi connectivity index (χ4n) is 2.54. The molecule has 0 bridgehead atoms. The minimum absolute atomic E-state index is 0.134. The molecule has 0 aliphatic carbocycles. The van der Waals surface area contributed by atoms with Crippen LogP contribution >= 0.6 is 0 Å². The number of carbonyl (C=O) groups excluding carboxylic acids is 1. The van der Waals surface area contributed by atoms with Crippen LogP contribution in [0.2, 0.25) is 0 Å². The summed E-state index contributed by atoms with van der Waals surface area (Å²) in [5.41, 5.74) is -0.134. The van der Waals surface area contributed by atoms with Gasteiger partial charge in [-0.1, -0.05) is 0 Å². The van der Waals surface area contributed by atoms with E-state index in [-0.39, 0.29) is 17.4 Å². The standard InChI is InChI=1S/C12H22N2O2/c1-9-7-10(3-5-13-9)11(15)14-12(2)4-6-16-8-12/h9-10,13H,3-8H2,1-2H3,(H,14,15). The van der Waals surface area contributed by atoms with Crippen LogP contribution in [0.15, 0.2) is 0 Å². The highest BCUT2D eigenvalue weighted by Gasteiger charge is 2.34. The molecular formula is C12H22N2O2. The second kappa shape index (κ2) is 4.72. The third-order valence-electron chi connectivity index (χ3n) is 3.64. The molecule has 2 rings (SSSR count). The van der Waals surface area contributed by atoms with E-state index in [1.54, 1.807) is 0 Å². The van der Waals surface area contributed by atoms with E-state index >= 15 is 0 Å². The maximum absolute atomic E-state index is 12.1. The van der Waals surface area contributed by atoms with Gasteiger partial charge in [-0.2, -0.15) is 0 Å². The molecule has 2 fully saturated rings. The molecule has 1 amide bonds. The highest BCUT2D eigenvalue weighted by atomic mass is 16.5. The van der Waals surface area contributed by atoms with E-state index in [1.807, 2.05) is 0 Å². The van der Waals surface area contributed by atoms with Gasteiger partial charge in [-0.05, 0) is 39.7 Å². The molecule has 2 aliphatic rings. The van der Waals surface area contributed by atoms with Gasteiger partial charge in [0.15, 0.2) is 0 Å². The SMILES string of the molecule is CC1CC(C(=O)NC2(C)CCOC2)CCN1. The number of hydrogen-bond donors (Lipinski definition) is 2. The molecule has 2 N–H and O–H groups in total. The predicted octanol–water partition coefficient (Wildman–Crippen LogP) is 0.670. The molecule has 2 saturated heterocycles. The van der Waals surface area contributed by atoms with E-state index in [2.05, 4.69) is 24.5 Å². The minimum Gasteiger partial charge on any atom is -0.379 e. The summed E-state index contributed by atoms with van der Waals surface area (Å²) >= 11 is 0. The average Bonchev–Trinajstić information content (AvgIpc) is 2.65. The first kappa shape index (κ1) is 11.9. The summed E-state index contributed by atoms with van der Waals surface area (Å²) in [6.45, 7) is 6.58. The average molecular weight is 226 g/mol. The number of nitrogens with one attached hydrogen (secondary N) is 2. The molecule has 4 heteroatoms. The van der Waals surface area contributed by atoms with Crippen molar-refractivity contribution in [2.75, 3.05) is 19.8 Å². The normalized spacial score (nSPS) is 39.6. The van der Waals surface area contributed by atoms with Gasteiger partial charge in [-0.15, -0.1) is 0 Å². The van der Waals surface area contributed by atoms with Crippen LogP contribution in [0.25, 0.3) is 0 Å². The summed E-state index contributed by atoms with van der Waals surface area (Å²) in [7, 11) is 0. The number of rotatable bonds is 2. The Hall–Kier alpha value is -0.610. The molecule has 0 aromatic rings. The maximum Gasteiger partial charge on any atom is 0.223 e. The number of amides is 1. The van der Waals surface area contributed by atoms with E-state index in [1.165, 1.54) is 0 Å². The largest absolute Gasteiger partial charge is 0.379 e. The first-order valence-corrected chi connectivity index (χ1v) is 6.22. The van der Waals surface area contributed by atoms with E-state index in [0.717, 1.165) is 32.4 Å². The van der Waals surface area contributed by atoms with Gasteiger partial charge in [0.2, 0.25) is 5.91 Å². The predicted molar refractivity (Wildman–Crippen MR) is 62.2 cm³/mol. The molecule has 3 unspecified atom stereocenters. The van der Waals surface area contributed by atoms with Crippen molar-refractivity contribution < 1.29 is 9.53 Å². The molecule has 0 aromatic carbocycles. The Morgan fingerprint density at radius 3 is 3.00 bits per heavy atom. The molecule has 2 heterocycles. The van der Waals surface area contributed by atoms with Crippen molar-refractivity contribution in [2.24, 2.45) is 5.92 Å². The van der Waals surface area contributed by atoms with E-state index in [4.69, 9.17) is 4.74 Å². The number of piperidine rings is 1. The Morgan fingerprint density at radius 2 is 2.38 bits per heavy atom. The van der Waals surface area contributed by atoms with Crippen LogP contribution in [-0.2, 0) is 9.53 Å². The van der Waals surface area contributed by atoms with Crippen molar-refractivity contribution in [3.63, 3.8) is 0 Å². The number of ether oxygens (including phenoxy) is 1. The monoisotopic (exact) mass is 226 g/mol. The first-order valence-electron chi connectivity index (χ1n) is 6.22. The molecule has 0 aromatic heterocycles. The Kier molecular flexibility index (Phi) is 3.50. The molecule has 3 atom stereocenters. The Bertz CT molecular complexity index is 262. The Morgan fingerprint density at radius 1 is 1.56 bits per heavy atom. The molecule has 0 radical (unpaired) electrons. The lowest BCUT2D eigenvalue weighted by Crippen LogP contribution is -2.51. The lowest BCUT2D eigenvalue weighted by Gasteiger charge is -2.31. The van der Waals surface area contributed by atoms with Crippen molar-refractivity contribution in [3.8, 4) is 0 Å². The van der Waals surface area contributed by atoms with Gasteiger partial charge in [0.05, 0.1) is 12.1 Å². The van der Waals surface area contributed by atoms with Crippen LogP contribution in [-0.4, -0.2) is 37.2 Å². The van der Waals surface area contributed by atoms with E-state index < -0.39 is 0 Å². The van der Waals surface area contributed by atoms with E-state index in [9.17, 15) is 4.79 Å². The van der Waals surface area contributed by atoms with Gasteiger partial charge in [-0.3, -0.25) is 4.79 Å². The minimum atomic E-state index is -0.134. The van der Waals surface area contributed by atoms with Crippen LogP contribution in [0, 0.1) is 5.92 Å². The van der Waals surface area contributed by atoms with Crippen molar-refractivity contribution >= 4 is 5.91 Å². The van der Waals surface area contributed by atoms with Gasteiger partial charge in [0, 0.05) is 18.6 Å². The summed E-state index contributed by atoms with van der Waals surface area (Å²) < 4.78 is 5.34. The second-order valence-electron chi connectivity index (χ2n) is 5.43. The van der Waals surface area contributed by atoms with Crippen molar-refractivity contribution in [1.82, 2.24) is 10.6 Å². The van der Waals surface area contributed by atoms with Gasteiger partial charge >= 0.3 is 0 Å². The third-order valence-corrected chi connectivity index (χ3v) is 3.64. The topological polar surface area (TPSA) is 50.4 Å². The number of hydrogen-bond acceptors (Lipinski definition) is 3. The van der Waals surface area contributed by atoms with Crippen LogP contribution in [0.5, 0.6) is 0 Å². The lowest BCUT2D eigenvalue weighted by molar-refractivity contribution is -0.127. The van der Waals surface area contributed by atoms with Crippen LogP contribution in [0.4, 0.5) is 0 Å². The fourth-order valence-corrected chi connectivity index (χ4v) is 2.54. The van der Waals surface area contributed by atoms with E-state index in [0.29, 0.717) is 12.6 Å². The number of carbonyl (C=O) groups is 1. The molecule has 16 heavy (non-hydrogen) atoms. The van der Waals surface area contributed by atoms with Crippen molar-refractivity contribution in [3.05, 3.63) is 0 Å². The zero-order chi connectivity index (χ0) is 11.6. The fraction of sp³-hybridized carbons (Fsp3) is 0.917. The first-order chi connectivity index (χ1) is 7.59. The molecule has 0 saturated carbocycles. The second-order valence-corrected chi connectivity index (χ2v) is 5.43. The van der Waals surface area contributed by atoms with Gasteiger partial charge in [0.1, 0.15) is 0 Å². The lowest BCUT2D eigenvalue weighted by atomic mass is 9.91. The van der Waals surface area contributed by atoms with Crippen LogP contribution < -0.4 is 10.6 Å². The summed E-state index contributed by atoms with van der Waals surface area (Å²) in [5.74, 6) is 0.384. The highest BCUT2D eigenvalue weighted by molar-refractivity contribution is 5.79. The van der Waals surface area contributed by atoms with Crippen LogP contribution in [0.1, 0.15) is 33.1 Å². The molecule has 92 valence electrons. The molecular weight excluding hydrogens is 204 g/mol. The highest BCUT2D eigenvalue weighted by Crippen LogP contribution is 2.21. The maximum atomic E-state index is 12.1. The summed E-state index contributed by atoms with van der Waals surface area (Å²) in [5, 5.41) is 6.52. The van der Waals surface area contributed by atoms with Gasteiger partial charge in [-0.25, -0.2) is 0 Å². The third kappa shape index (κ3) is 2.74. The Labute approximate surface area is 97.1 Å².